The summed E-state index contributed by atoms with van der Waals surface area (Å²) in [6.45, 7) is 18.3. The number of aromatic carboxylic acids is 1. The Morgan fingerprint density at radius 1 is 0.928 bits per heavy atom. The number of pyridine rings is 1. The van der Waals surface area contributed by atoms with Gasteiger partial charge in [0.1, 0.15) is 35.1 Å². The van der Waals surface area contributed by atoms with Gasteiger partial charge in [-0.05, 0) is 127 Å². The molecule has 1 aromatic carbocycles. The lowest BCUT2D eigenvalue weighted by atomic mass is 9.79. The van der Waals surface area contributed by atoms with Gasteiger partial charge < -0.3 is 93.2 Å². The summed E-state index contributed by atoms with van der Waals surface area (Å²) in [4.78, 5) is 56.6. The van der Waals surface area contributed by atoms with Gasteiger partial charge in [-0.3, -0.25) is 14.4 Å². The Morgan fingerprint density at radius 2 is 1.60 bits per heavy atom. The molecule has 6 rings (SSSR count). The third-order valence-corrected chi connectivity index (χ3v) is 17.7. The number of benzene rings is 1. The monoisotopic (exact) mass is 1200 g/mol. The molecule has 3 saturated heterocycles. The summed E-state index contributed by atoms with van der Waals surface area (Å²) in [7, 11) is 7.06. The van der Waals surface area contributed by atoms with E-state index in [4.69, 9.17) is 54.2 Å². The van der Waals surface area contributed by atoms with Crippen molar-refractivity contribution in [3.63, 3.8) is 0 Å². The number of halogens is 1. The van der Waals surface area contributed by atoms with E-state index < -0.39 is 113 Å². The van der Waals surface area contributed by atoms with Crippen LogP contribution in [0.4, 0.5) is 5.69 Å². The van der Waals surface area contributed by atoms with E-state index in [1.807, 2.05) is 42.4 Å². The molecule has 0 amide bonds. The Hall–Kier alpha value is -3.63. The van der Waals surface area contributed by atoms with Gasteiger partial charge in [0.25, 0.3) is 0 Å². The summed E-state index contributed by atoms with van der Waals surface area (Å²) >= 11 is 6.57. The molecule has 0 radical (unpaired) electrons. The number of likely N-dealkylation sites (N-methyl/N-ethyl adjacent to an activating group) is 2. The van der Waals surface area contributed by atoms with Gasteiger partial charge in [0.05, 0.1) is 85.0 Å². The average Bonchev–Trinajstić information content (AvgIpc) is 3.65. The number of carboxylic acid groups (broad SMARTS) is 1. The predicted octanol–water partition coefficient (Wildman–Crippen LogP) is 4.33. The van der Waals surface area contributed by atoms with E-state index in [0.29, 0.717) is 81.7 Å². The number of aromatic nitrogens is 1. The summed E-state index contributed by atoms with van der Waals surface area (Å²) in [6.07, 6.45) is -5.30. The van der Waals surface area contributed by atoms with Crippen molar-refractivity contribution in [1.82, 2.24) is 19.7 Å². The van der Waals surface area contributed by atoms with Gasteiger partial charge in [0.2, 0.25) is 5.43 Å². The standard InChI is InChI=1S/C59H96ClN5O18/c1-14-45-59(9,74)51(69)36(5)64(12)23-15-19-57(7,73)52(83-56-49(68)44(63(10)11)28-33(2)78-56)34(3)50(35(4)55(72)80-45)82-47-31-58(8,75-13)53(37(6)79-47)81-46(66)18-20-61-21-24-76-26-27-77-25-22-62-42-29-39-43(30-41(42)60)65(38-16-17-38)32-40(48(39)67)54(70)71/h29-30,32-38,44-45,47,49-53,56,61-62,68-69,73-74H,14-28,31H2,1-13H3,(H,70,71)/t33-,34+,35-,36-,37+,44+,45-,47+,49-,50+,51-,52-,53+,56+,57-,58-,59-/m1/s1. The van der Waals surface area contributed by atoms with Gasteiger partial charge in [-0.2, -0.15) is 0 Å². The van der Waals surface area contributed by atoms with Gasteiger partial charge >= 0.3 is 17.9 Å². The van der Waals surface area contributed by atoms with Gasteiger partial charge in [0, 0.05) is 68.8 Å². The number of aliphatic hydroxyl groups excluding tert-OH is 2. The quantitative estimate of drug-likeness (QED) is 0.0602. The van der Waals surface area contributed by atoms with Gasteiger partial charge in [-0.1, -0.05) is 25.4 Å². The van der Waals surface area contributed by atoms with Crippen LogP contribution < -0.4 is 16.1 Å². The van der Waals surface area contributed by atoms with Crippen molar-refractivity contribution in [3.8, 4) is 0 Å². The molecule has 0 bridgehead atoms. The normalized spacial score (nSPS) is 35.4. The van der Waals surface area contributed by atoms with Crippen LogP contribution in [0.3, 0.4) is 0 Å². The van der Waals surface area contributed by atoms with E-state index in [9.17, 15) is 44.7 Å². The van der Waals surface area contributed by atoms with E-state index in [-0.39, 0.29) is 54.8 Å². The average molecular weight is 1200 g/mol. The van der Waals surface area contributed by atoms with Crippen LogP contribution in [0.1, 0.15) is 130 Å². The third-order valence-electron chi connectivity index (χ3n) is 17.4. The van der Waals surface area contributed by atoms with Crippen LogP contribution in [0, 0.1) is 11.8 Å². The Labute approximate surface area is 493 Å². The highest BCUT2D eigenvalue weighted by Gasteiger charge is 2.53. The lowest BCUT2D eigenvalue weighted by Gasteiger charge is -2.49. The molecule has 1 aliphatic carbocycles. The fourth-order valence-corrected chi connectivity index (χ4v) is 12.2. The first-order valence-electron chi connectivity index (χ1n) is 29.5. The Balaban J connectivity index is 1.03. The van der Waals surface area contributed by atoms with Crippen molar-refractivity contribution in [1.29, 1.82) is 0 Å². The molecular formula is C59H96ClN5O18. The second-order valence-electron chi connectivity index (χ2n) is 24.3. The van der Waals surface area contributed by atoms with Crippen LogP contribution >= 0.6 is 11.6 Å². The lowest BCUT2D eigenvalue weighted by Crippen LogP contribution is -2.61. The van der Waals surface area contributed by atoms with Crippen LogP contribution in [0.15, 0.2) is 23.1 Å². The highest BCUT2D eigenvalue weighted by molar-refractivity contribution is 6.34. The van der Waals surface area contributed by atoms with Crippen LogP contribution in [0.2, 0.25) is 5.02 Å². The number of hydrogen-bond acceptors (Lipinski definition) is 21. The zero-order chi connectivity index (χ0) is 61.3. The fraction of sp³-hybridized carbons (Fsp3) is 0.797. The number of anilines is 1. The second-order valence-corrected chi connectivity index (χ2v) is 24.7. The summed E-state index contributed by atoms with van der Waals surface area (Å²) in [5.41, 5.74) is -4.35. The number of carbonyl (C=O) groups is 3. The Bertz CT molecular complexity index is 2520. The first kappa shape index (κ1) is 68.5. The van der Waals surface area contributed by atoms with E-state index in [2.05, 4.69) is 10.6 Å². The number of fused-ring (bicyclic) bond motifs is 1. The minimum absolute atomic E-state index is 0.0313. The smallest absolute Gasteiger partial charge is 0.341 e. The number of carbonyl (C=O) groups excluding carboxylic acids is 2. The van der Waals surface area contributed by atoms with Gasteiger partial charge in [-0.25, -0.2) is 4.79 Å². The third kappa shape index (κ3) is 17.1. The molecule has 3 aliphatic heterocycles. The minimum Gasteiger partial charge on any atom is -0.477 e. The Kier molecular flexibility index (Phi) is 24.6. The molecule has 4 aliphatic rings. The van der Waals surface area contributed by atoms with Crippen molar-refractivity contribution < 1.29 is 82.5 Å². The van der Waals surface area contributed by atoms with Crippen LogP contribution in [-0.2, 0) is 52.2 Å². The van der Waals surface area contributed by atoms with Crippen LogP contribution in [-0.4, -0.2) is 229 Å². The minimum atomic E-state index is -1.85. The number of nitrogens with one attached hydrogen (secondary N) is 2. The second kappa shape index (κ2) is 29.8. The van der Waals surface area contributed by atoms with Crippen molar-refractivity contribution >= 4 is 46.1 Å². The van der Waals surface area contributed by atoms with E-state index in [0.717, 1.165) is 12.8 Å². The lowest BCUT2D eigenvalue weighted by molar-refractivity contribution is -0.318. The molecule has 4 heterocycles. The van der Waals surface area contributed by atoms with E-state index >= 15 is 0 Å². The molecule has 7 N–H and O–H groups in total. The molecule has 2 aromatic rings. The molecule has 83 heavy (non-hydrogen) atoms. The Morgan fingerprint density at radius 3 is 2.23 bits per heavy atom. The number of esters is 2. The molecule has 1 saturated carbocycles. The molecule has 23 nitrogen and oxygen atoms in total. The number of aliphatic hydroxyl groups is 4. The fourth-order valence-electron chi connectivity index (χ4n) is 12.0. The first-order valence-corrected chi connectivity index (χ1v) is 29.9. The van der Waals surface area contributed by atoms with Crippen molar-refractivity contribution in [2.45, 2.75) is 210 Å². The summed E-state index contributed by atoms with van der Waals surface area (Å²) in [6, 6.07) is 2.53. The SMILES string of the molecule is CC[C@H]1OC(=O)[C@H](C)[C@@H](O[C@H]2C[C@@](C)(OC)[C@@H](OC(=O)CCNCCOCCOCCNc3cc4c(=O)c(C(=O)O)cn(C5CC5)c4cc3Cl)[C@H](C)O2)[C@H](C)[C@@H](O[C@@H]2O[C@H](C)C[C@H](N(C)C)[C@H]2O)[C@](C)(O)CCCN(C)[C@H](C)[C@@H](O)[C@]1(C)O. The van der Waals surface area contributed by atoms with E-state index in [1.54, 1.807) is 60.6 Å². The first-order chi connectivity index (χ1) is 39.1. The molecular weight excluding hydrogens is 1100 g/mol. The number of carboxylic acids is 1. The van der Waals surface area contributed by atoms with E-state index in [1.165, 1.54) is 20.2 Å². The van der Waals surface area contributed by atoms with Gasteiger partial charge in [0.15, 0.2) is 18.7 Å². The summed E-state index contributed by atoms with van der Waals surface area (Å²) in [5.74, 6) is -4.42. The number of methoxy groups -OCH3 is 1. The molecule has 0 unspecified atom stereocenters. The molecule has 0 spiro atoms. The molecule has 17 atom stereocenters. The topological polar surface area (TPSA) is 288 Å². The zero-order valence-electron chi connectivity index (χ0n) is 51.0. The van der Waals surface area contributed by atoms with Crippen LogP contribution in [0.25, 0.3) is 10.9 Å². The van der Waals surface area contributed by atoms with Crippen molar-refractivity contribution in [3.05, 3.63) is 39.1 Å². The number of cyclic esters (lactones) is 1. The maximum atomic E-state index is 14.5. The highest BCUT2D eigenvalue weighted by Crippen LogP contribution is 2.42. The highest BCUT2D eigenvalue weighted by atomic mass is 35.5. The number of nitrogens with zero attached hydrogens (tertiary/aromatic N) is 3. The predicted molar refractivity (Wildman–Crippen MR) is 310 cm³/mol. The number of hydrogen-bond donors (Lipinski definition) is 7. The molecule has 24 heteroatoms. The maximum absolute atomic E-state index is 14.5. The summed E-state index contributed by atoms with van der Waals surface area (Å²) in [5, 5.41) is 64.5. The number of ether oxygens (including phenoxy) is 9. The molecule has 472 valence electrons. The summed E-state index contributed by atoms with van der Waals surface area (Å²) < 4.78 is 57.9. The zero-order valence-corrected chi connectivity index (χ0v) is 51.7. The molecule has 4 fully saturated rings. The molecule has 1 aromatic heterocycles. The van der Waals surface area contributed by atoms with Crippen LogP contribution in [0.5, 0.6) is 0 Å². The van der Waals surface area contributed by atoms with Crippen molar-refractivity contribution in [2.24, 2.45) is 11.8 Å². The van der Waals surface area contributed by atoms with Gasteiger partial charge in [-0.15, -0.1) is 0 Å². The van der Waals surface area contributed by atoms with Crippen molar-refractivity contribution in [2.75, 3.05) is 86.2 Å². The largest absolute Gasteiger partial charge is 0.477 e. The maximum Gasteiger partial charge on any atom is 0.341 e. The number of rotatable bonds is 23.